The molecule has 18 heteroatoms. The molecule has 2 aromatic rings. The minimum Gasteiger partial charge on any atom is -0.507 e. The van der Waals surface area contributed by atoms with Gasteiger partial charge < -0.3 is 40.9 Å². The fourth-order valence-corrected chi connectivity index (χ4v) is 4.54. The maximum Gasteiger partial charge on any atom is 0.471 e. The summed E-state index contributed by atoms with van der Waals surface area (Å²) in [7, 11) is 0. The number of alkyl halides is 6. The van der Waals surface area contributed by atoms with Crippen molar-refractivity contribution in [3.63, 3.8) is 0 Å². The van der Waals surface area contributed by atoms with Crippen LogP contribution in [-0.2, 0) is 9.59 Å². The van der Waals surface area contributed by atoms with E-state index < -0.39 is 122 Å². The van der Waals surface area contributed by atoms with Crippen LogP contribution in [0.25, 0.3) is 0 Å². The summed E-state index contributed by atoms with van der Waals surface area (Å²) in [5.74, 6) is -7.81. The molecule has 1 aliphatic carbocycles. The van der Waals surface area contributed by atoms with Crippen LogP contribution < -0.4 is 10.6 Å². The third kappa shape index (κ3) is 7.13. The van der Waals surface area contributed by atoms with Crippen LogP contribution in [0.15, 0.2) is 24.3 Å². The number of phenolic OH excluding ortho intramolecular Hbond substituents is 2. The number of nitrogens with one attached hydrogen (secondary N) is 2. The van der Waals surface area contributed by atoms with Crippen molar-refractivity contribution in [2.45, 2.75) is 12.4 Å². The number of amides is 2. The number of carbonyl (C=O) groups is 4. The normalized spacial score (nSPS) is 12.8. The Bertz CT molecular complexity index is 1340. The second-order valence-electron chi connectivity index (χ2n) is 9.30. The zero-order valence-corrected chi connectivity index (χ0v) is 22.6. The highest BCUT2D eigenvalue weighted by Gasteiger charge is 2.43. The molecule has 12 nitrogen and oxygen atoms in total. The third-order valence-corrected chi connectivity index (χ3v) is 6.47. The topological polar surface area (TPSA) is 180 Å². The van der Waals surface area contributed by atoms with Crippen molar-refractivity contribution in [2.24, 2.45) is 0 Å². The number of carbonyl (C=O) groups excluding carboxylic acids is 4. The summed E-state index contributed by atoms with van der Waals surface area (Å²) in [5, 5.41) is 44.1. The van der Waals surface area contributed by atoms with E-state index in [1.165, 1.54) is 12.1 Å². The van der Waals surface area contributed by atoms with Gasteiger partial charge in [-0.2, -0.15) is 26.3 Å². The van der Waals surface area contributed by atoms with Crippen LogP contribution in [0.1, 0.15) is 31.8 Å². The van der Waals surface area contributed by atoms with Gasteiger partial charge in [-0.15, -0.1) is 0 Å². The van der Waals surface area contributed by atoms with Crippen LogP contribution in [0.2, 0.25) is 0 Å². The summed E-state index contributed by atoms with van der Waals surface area (Å²) >= 11 is 0. The van der Waals surface area contributed by atoms with Gasteiger partial charge in [0.1, 0.15) is 11.5 Å². The van der Waals surface area contributed by atoms with E-state index in [1.54, 1.807) is 0 Å². The Morgan fingerprint density at radius 1 is 0.614 bits per heavy atom. The van der Waals surface area contributed by atoms with E-state index >= 15 is 0 Å². The Morgan fingerprint density at radius 3 is 1.25 bits per heavy atom. The number of benzene rings is 2. The quantitative estimate of drug-likeness (QED) is 0.126. The van der Waals surface area contributed by atoms with E-state index in [9.17, 15) is 55.7 Å². The minimum atomic E-state index is -5.23. The molecule has 0 saturated carbocycles. The number of phenols is 2. The molecule has 0 fully saturated rings. The smallest absolute Gasteiger partial charge is 0.471 e. The molecule has 0 radical (unpaired) electrons. The molecule has 0 aromatic heterocycles. The summed E-state index contributed by atoms with van der Waals surface area (Å²) in [4.78, 5) is 51.1. The molecule has 240 valence electrons. The predicted molar refractivity (Wildman–Crippen MR) is 139 cm³/mol. The lowest BCUT2D eigenvalue weighted by molar-refractivity contribution is -0.185. The first kappa shape index (κ1) is 33.9. The Morgan fingerprint density at radius 2 is 0.955 bits per heavy atom. The van der Waals surface area contributed by atoms with Gasteiger partial charge in [0.2, 0.25) is 11.6 Å². The molecule has 6 N–H and O–H groups in total. The number of halogens is 6. The van der Waals surface area contributed by atoms with Gasteiger partial charge in [0.15, 0.2) is 0 Å². The highest BCUT2D eigenvalue weighted by atomic mass is 19.4. The molecule has 0 spiro atoms. The number of nitrogens with zero attached hydrogens (tertiary/aromatic N) is 2. The molecule has 0 bridgehead atoms. The molecule has 2 aromatic carbocycles. The lowest BCUT2D eigenvalue weighted by Crippen LogP contribution is -2.44. The van der Waals surface area contributed by atoms with Gasteiger partial charge in [0.05, 0.1) is 35.5 Å². The maximum absolute atomic E-state index is 13.6. The molecular weight excluding hydrogens is 610 g/mol. The summed E-state index contributed by atoms with van der Waals surface area (Å²) in [6.45, 7) is -4.94. The van der Waals surface area contributed by atoms with Crippen molar-refractivity contribution >= 4 is 34.8 Å². The fraction of sp³-hybridized carbons (Fsp3) is 0.385. The Balaban J connectivity index is 1.97. The van der Waals surface area contributed by atoms with Crippen LogP contribution in [0.5, 0.6) is 11.5 Å². The first-order valence-corrected chi connectivity index (χ1v) is 12.8. The molecule has 2 amide bonds. The number of anilines is 2. The average Bonchev–Trinajstić information content (AvgIpc) is 2.94. The average molecular weight is 637 g/mol. The van der Waals surface area contributed by atoms with Crippen molar-refractivity contribution in [1.82, 2.24) is 9.80 Å². The van der Waals surface area contributed by atoms with Crippen LogP contribution in [-0.4, -0.2) is 118 Å². The molecule has 0 heterocycles. The first-order valence-electron chi connectivity index (χ1n) is 12.8. The monoisotopic (exact) mass is 636 g/mol. The van der Waals surface area contributed by atoms with Crippen LogP contribution in [0.4, 0.5) is 37.7 Å². The van der Waals surface area contributed by atoms with Gasteiger partial charge in [-0.3, -0.25) is 19.2 Å². The number of fused-ring (bicyclic) bond motifs is 2. The number of rotatable bonds is 12. The van der Waals surface area contributed by atoms with Crippen molar-refractivity contribution in [3.05, 3.63) is 46.5 Å². The SMILES string of the molecule is O=C1c2c(O)ccc(O)c2C(=O)c2c(NCCN(CCO)C(=O)C(F)(F)F)ccc(NCCN(CCO)C(=O)C(F)(F)F)c21. The van der Waals surface area contributed by atoms with Crippen molar-refractivity contribution in [1.29, 1.82) is 0 Å². The lowest BCUT2D eigenvalue weighted by atomic mass is 9.81. The molecule has 3 rings (SSSR count). The zero-order valence-electron chi connectivity index (χ0n) is 22.6. The van der Waals surface area contributed by atoms with Gasteiger partial charge in [0, 0.05) is 50.6 Å². The van der Waals surface area contributed by atoms with Gasteiger partial charge in [-0.05, 0) is 24.3 Å². The van der Waals surface area contributed by atoms with Crippen molar-refractivity contribution in [3.8, 4) is 11.5 Å². The van der Waals surface area contributed by atoms with E-state index in [0.717, 1.165) is 12.1 Å². The number of hydrogen-bond donors (Lipinski definition) is 6. The van der Waals surface area contributed by atoms with Gasteiger partial charge in [-0.25, -0.2) is 0 Å². The summed E-state index contributed by atoms with van der Waals surface area (Å²) in [6.07, 6.45) is -10.5. The molecule has 0 atom stereocenters. The predicted octanol–water partition coefficient (Wildman–Crippen LogP) is 1.46. The third-order valence-electron chi connectivity index (χ3n) is 6.47. The standard InChI is InChI=1S/C26H26F6N4O8/c27-25(28,29)23(43)35(9-11-37)7-5-33-13-1-2-14(34-6-8-36(10-12-38)24(44)26(30,31)32)18-17(13)21(41)19-15(39)3-4-16(40)20(19)22(18)42/h1-4,33-34,37-40H,5-12H2. The zero-order chi connectivity index (χ0) is 33.0. The van der Waals surface area contributed by atoms with E-state index in [0.29, 0.717) is 9.80 Å². The second kappa shape index (κ2) is 13.4. The summed E-state index contributed by atoms with van der Waals surface area (Å²) in [5.41, 5.74) is -2.28. The van der Waals surface area contributed by atoms with E-state index in [2.05, 4.69) is 10.6 Å². The fourth-order valence-electron chi connectivity index (χ4n) is 4.54. The molecule has 0 unspecified atom stereocenters. The molecule has 0 saturated heterocycles. The van der Waals surface area contributed by atoms with E-state index in [1.807, 2.05) is 0 Å². The number of aliphatic hydroxyl groups excluding tert-OH is 2. The first-order chi connectivity index (χ1) is 20.5. The van der Waals surface area contributed by atoms with Crippen molar-refractivity contribution < 1.29 is 65.9 Å². The van der Waals surface area contributed by atoms with Crippen LogP contribution >= 0.6 is 0 Å². The lowest BCUT2D eigenvalue weighted by Gasteiger charge is -2.27. The second-order valence-corrected chi connectivity index (χ2v) is 9.30. The number of ketones is 2. The molecular formula is C26H26F6N4O8. The Hall–Kier alpha value is -4.58. The molecule has 44 heavy (non-hydrogen) atoms. The van der Waals surface area contributed by atoms with Gasteiger partial charge >= 0.3 is 24.2 Å². The van der Waals surface area contributed by atoms with Crippen LogP contribution in [0, 0.1) is 0 Å². The molecule has 1 aliphatic rings. The Labute approximate surface area is 244 Å². The number of hydrogen-bond acceptors (Lipinski definition) is 10. The van der Waals surface area contributed by atoms with Gasteiger partial charge in [0.25, 0.3) is 0 Å². The largest absolute Gasteiger partial charge is 0.507 e. The van der Waals surface area contributed by atoms with E-state index in [4.69, 9.17) is 10.2 Å². The summed E-state index contributed by atoms with van der Waals surface area (Å²) in [6, 6.07) is 4.29. The summed E-state index contributed by atoms with van der Waals surface area (Å²) < 4.78 is 77.6. The van der Waals surface area contributed by atoms with Crippen molar-refractivity contribution in [2.75, 3.05) is 63.1 Å². The van der Waals surface area contributed by atoms with E-state index in [-0.39, 0.29) is 11.4 Å². The molecule has 0 aliphatic heterocycles. The Kier molecular flexibility index (Phi) is 10.3. The number of aliphatic hydroxyl groups is 2. The highest BCUT2D eigenvalue weighted by molar-refractivity contribution is 6.33. The number of aromatic hydroxyl groups is 2. The van der Waals surface area contributed by atoms with Gasteiger partial charge in [-0.1, -0.05) is 0 Å². The minimum absolute atomic E-state index is 0.144. The van der Waals surface area contributed by atoms with Crippen LogP contribution in [0.3, 0.4) is 0 Å². The highest BCUT2D eigenvalue weighted by Crippen LogP contribution is 2.42. The maximum atomic E-state index is 13.6.